The molecule has 1 N–H and O–H groups in total. The van der Waals surface area contributed by atoms with Crippen molar-refractivity contribution in [2.45, 2.75) is 25.9 Å². The molecule has 0 spiro atoms. The van der Waals surface area contributed by atoms with Crippen molar-refractivity contribution in [2.75, 3.05) is 20.5 Å². The third-order valence-electron chi connectivity index (χ3n) is 6.66. The minimum absolute atomic E-state index is 0.107. The van der Waals surface area contributed by atoms with Crippen LogP contribution in [0, 0.1) is 0 Å². The minimum atomic E-state index is -0.353. The molecule has 0 fully saturated rings. The van der Waals surface area contributed by atoms with Crippen molar-refractivity contribution in [2.24, 2.45) is 0 Å². The van der Waals surface area contributed by atoms with Crippen molar-refractivity contribution in [3.63, 3.8) is 0 Å². The van der Waals surface area contributed by atoms with Crippen LogP contribution in [0.5, 0.6) is 23.0 Å². The van der Waals surface area contributed by atoms with E-state index in [1.165, 1.54) is 0 Å². The highest BCUT2D eigenvalue weighted by molar-refractivity contribution is 6.00. The van der Waals surface area contributed by atoms with Crippen LogP contribution in [0.1, 0.15) is 46.6 Å². The Morgan fingerprint density at radius 1 is 1.03 bits per heavy atom. The Bertz CT molecular complexity index is 1450. The molecule has 2 aliphatic heterocycles. The van der Waals surface area contributed by atoms with Gasteiger partial charge in [0, 0.05) is 17.7 Å². The quantitative estimate of drug-likeness (QED) is 0.353. The fourth-order valence-corrected chi connectivity index (χ4v) is 4.91. The standard InChI is InChI=1S/C29H27N3O5/c1-3-13-35-22-6-4-5-20(15-22)28-25-26(19-8-10-21(34-2)11-9-19)30-31-27(25)29(33)32(28)16-18-7-12-23-24(14-18)37-17-36-23/h4-12,14-15,28H,3,13,16-17H2,1-2H3,(H,30,31). The predicted octanol–water partition coefficient (Wildman–Crippen LogP) is 5.35. The molecule has 1 aromatic heterocycles. The van der Waals surface area contributed by atoms with Crippen molar-refractivity contribution >= 4 is 5.91 Å². The monoisotopic (exact) mass is 497 g/mol. The first-order valence-electron chi connectivity index (χ1n) is 12.3. The molecule has 2 aliphatic rings. The zero-order chi connectivity index (χ0) is 25.4. The number of carbonyl (C=O) groups excluding carboxylic acids is 1. The molecule has 0 radical (unpaired) electrons. The van der Waals surface area contributed by atoms with E-state index in [-0.39, 0.29) is 18.7 Å². The molecule has 0 aliphatic carbocycles. The number of benzene rings is 3. The van der Waals surface area contributed by atoms with Gasteiger partial charge in [0.05, 0.1) is 25.5 Å². The van der Waals surface area contributed by atoms with E-state index >= 15 is 0 Å². The molecule has 8 heteroatoms. The number of rotatable bonds is 8. The fraction of sp³-hybridized carbons (Fsp3) is 0.241. The second-order valence-corrected chi connectivity index (χ2v) is 9.03. The van der Waals surface area contributed by atoms with Gasteiger partial charge in [-0.15, -0.1) is 0 Å². The Morgan fingerprint density at radius 3 is 2.68 bits per heavy atom. The molecule has 1 atom stereocenters. The van der Waals surface area contributed by atoms with E-state index in [4.69, 9.17) is 18.9 Å². The highest BCUT2D eigenvalue weighted by atomic mass is 16.7. The number of ether oxygens (including phenoxy) is 4. The Labute approximate surface area is 214 Å². The summed E-state index contributed by atoms with van der Waals surface area (Å²) in [7, 11) is 1.64. The number of nitrogens with one attached hydrogen (secondary N) is 1. The third-order valence-corrected chi connectivity index (χ3v) is 6.66. The summed E-state index contributed by atoms with van der Waals surface area (Å²) in [5.74, 6) is 2.83. The van der Waals surface area contributed by atoms with Crippen LogP contribution in [0.4, 0.5) is 0 Å². The lowest BCUT2D eigenvalue weighted by atomic mass is 9.95. The average molecular weight is 498 g/mol. The highest BCUT2D eigenvalue weighted by Crippen LogP contribution is 2.44. The molecule has 0 bridgehead atoms. The van der Waals surface area contributed by atoms with E-state index in [1.807, 2.05) is 71.6 Å². The molecule has 4 aromatic rings. The zero-order valence-corrected chi connectivity index (χ0v) is 20.7. The van der Waals surface area contributed by atoms with Crippen LogP contribution in [0.2, 0.25) is 0 Å². The third kappa shape index (κ3) is 4.14. The van der Waals surface area contributed by atoms with E-state index in [2.05, 4.69) is 17.1 Å². The van der Waals surface area contributed by atoms with E-state index in [9.17, 15) is 4.79 Å². The zero-order valence-electron chi connectivity index (χ0n) is 20.7. The number of fused-ring (bicyclic) bond motifs is 2. The van der Waals surface area contributed by atoms with Crippen LogP contribution < -0.4 is 18.9 Å². The molecular formula is C29H27N3O5. The number of methoxy groups -OCH3 is 1. The number of aromatic amines is 1. The van der Waals surface area contributed by atoms with Gasteiger partial charge in [-0.3, -0.25) is 9.89 Å². The molecule has 0 saturated carbocycles. The van der Waals surface area contributed by atoms with Crippen molar-refractivity contribution in [1.29, 1.82) is 0 Å². The molecule has 1 unspecified atom stereocenters. The number of amides is 1. The SMILES string of the molecule is CCCOc1cccc(C2c3c(-c4ccc(OC)cc4)n[nH]c3C(=O)N2Cc2ccc3c(c2)OCO3)c1. The average Bonchev–Trinajstić information content (AvgIpc) is 3.64. The van der Waals surface area contributed by atoms with Gasteiger partial charge in [0.1, 0.15) is 17.2 Å². The first kappa shape index (κ1) is 23.0. The number of aromatic nitrogens is 2. The van der Waals surface area contributed by atoms with Gasteiger partial charge in [-0.2, -0.15) is 5.10 Å². The molecule has 37 heavy (non-hydrogen) atoms. The van der Waals surface area contributed by atoms with Gasteiger partial charge in [0.25, 0.3) is 5.91 Å². The summed E-state index contributed by atoms with van der Waals surface area (Å²) in [6, 6.07) is 21.1. The lowest BCUT2D eigenvalue weighted by Crippen LogP contribution is -2.29. The molecule has 8 nitrogen and oxygen atoms in total. The second-order valence-electron chi connectivity index (χ2n) is 9.03. The topological polar surface area (TPSA) is 85.9 Å². The summed E-state index contributed by atoms with van der Waals surface area (Å²) < 4.78 is 22.3. The van der Waals surface area contributed by atoms with E-state index in [1.54, 1.807) is 7.11 Å². The summed E-state index contributed by atoms with van der Waals surface area (Å²) in [4.78, 5) is 15.6. The minimum Gasteiger partial charge on any atom is -0.497 e. The molecule has 0 saturated heterocycles. The smallest absolute Gasteiger partial charge is 0.273 e. The van der Waals surface area contributed by atoms with Crippen LogP contribution in [0.25, 0.3) is 11.3 Å². The van der Waals surface area contributed by atoms with Gasteiger partial charge in [0.2, 0.25) is 6.79 Å². The maximum Gasteiger partial charge on any atom is 0.273 e. The van der Waals surface area contributed by atoms with Gasteiger partial charge in [-0.1, -0.05) is 25.1 Å². The molecule has 3 aromatic carbocycles. The first-order chi connectivity index (χ1) is 18.2. The molecule has 188 valence electrons. The van der Waals surface area contributed by atoms with Crippen molar-refractivity contribution < 1.29 is 23.7 Å². The molecule has 3 heterocycles. The number of hydrogen-bond donors (Lipinski definition) is 1. The lowest BCUT2D eigenvalue weighted by Gasteiger charge is -2.27. The van der Waals surface area contributed by atoms with Gasteiger partial charge >= 0.3 is 0 Å². The Hall–Kier alpha value is -4.46. The van der Waals surface area contributed by atoms with Crippen molar-refractivity contribution in [3.05, 3.63) is 89.1 Å². The van der Waals surface area contributed by atoms with Crippen LogP contribution in [0.3, 0.4) is 0 Å². The summed E-state index contributed by atoms with van der Waals surface area (Å²) in [6.07, 6.45) is 0.913. The summed E-state index contributed by atoms with van der Waals surface area (Å²) in [6.45, 7) is 3.30. The summed E-state index contributed by atoms with van der Waals surface area (Å²) in [5, 5.41) is 7.59. The van der Waals surface area contributed by atoms with E-state index < -0.39 is 0 Å². The first-order valence-corrected chi connectivity index (χ1v) is 12.3. The Morgan fingerprint density at radius 2 is 1.86 bits per heavy atom. The van der Waals surface area contributed by atoms with Crippen molar-refractivity contribution in [3.8, 4) is 34.3 Å². The van der Waals surface area contributed by atoms with Gasteiger partial charge in [-0.05, 0) is 66.1 Å². The summed E-state index contributed by atoms with van der Waals surface area (Å²) >= 11 is 0. The maximum atomic E-state index is 13.8. The lowest BCUT2D eigenvalue weighted by molar-refractivity contribution is 0.0729. The largest absolute Gasteiger partial charge is 0.497 e. The normalized spacial score (nSPS) is 15.7. The van der Waals surface area contributed by atoms with Crippen LogP contribution >= 0.6 is 0 Å². The Kier molecular flexibility index (Phi) is 5.92. The van der Waals surface area contributed by atoms with Gasteiger partial charge in [0.15, 0.2) is 11.5 Å². The van der Waals surface area contributed by atoms with Crippen molar-refractivity contribution in [1.82, 2.24) is 15.1 Å². The second kappa shape index (κ2) is 9.54. The highest BCUT2D eigenvalue weighted by Gasteiger charge is 2.42. The number of H-pyrrole nitrogens is 1. The Balaban J connectivity index is 1.43. The number of hydrogen-bond acceptors (Lipinski definition) is 6. The maximum absolute atomic E-state index is 13.8. The van der Waals surface area contributed by atoms with Gasteiger partial charge < -0.3 is 23.8 Å². The van der Waals surface area contributed by atoms with Gasteiger partial charge in [-0.25, -0.2) is 0 Å². The number of nitrogens with zero attached hydrogens (tertiary/aromatic N) is 2. The molecule has 1 amide bonds. The van der Waals surface area contributed by atoms with Crippen LogP contribution in [-0.2, 0) is 6.54 Å². The predicted molar refractivity (Wildman–Crippen MR) is 137 cm³/mol. The van der Waals surface area contributed by atoms with E-state index in [0.29, 0.717) is 30.3 Å². The van der Waals surface area contributed by atoms with E-state index in [0.717, 1.165) is 45.9 Å². The molecule has 6 rings (SSSR count). The molecular weight excluding hydrogens is 470 g/mol. The van der Waals surface area contributed by atoms with Crippen LogP contribution in [0.15, 0.2) is 66.7 Å². The van der Waals surface area contributed by atoms with Crippen LogP contribution in [-0.4, -0.2) is 41.5 Å². The number of carbonyl (C=O) groups is 1. The fourth-order valence-electron chi connectivity index (χ4n) is 4.91. The summed E-state index contributed by atoms with van der Waals surface area (Å²) in [5.41, 5.74) is 4.89.